The summed E-state index contributed by atoms with van der Waals surface area (Å²) in [6.45, 7) is 6.89. The van der Waals surface area contributed by atoms with Gasteiger partial charge in [0.2, 0.25) is 9.04 Å². The third-order valence-corrected chi connectivity index (χ3v) is 11.0. The van der Waals surface area contributed by atoms with Crippen LogP contribution in [0.3, 0.4) is 0 Å². The van der Waals surface area contributed by atoms with Crippen molar-refractivity contribution in [3.63, 3.8) is 0 Å². The average Bonchev–Trinajstić information content (AvgIpc) is 2.75. The fourth-order valence-corrected chi connectivity index (χ4v) is 9.45. The Morgan fingerprint density at radius 2 is 1.31 bits per heavy atom. The third kappa shape index (κ3) is 4.46. The van der Waals surface area contributed by atoms with Crippen molar-refractivity contribution in [2.24, 2.45) is 0 Å². The van der Waals surface area contributed by atoms with E-state index in [1.165, 1.54) is 15.9 Å². The zero-order chi connectivity index (χ0) is 20.3. The monoisotopic (exact) mass is 418 g/mol. The molecule has 0 spiro atoms. The van der Waals surface area contributed by atoms with Crippen molar-refractivity contribution < 1.29 is 8.85 Å². The van der Waals surface area contributed by atoms with Crippen LogP contribution in [-0.4, -0.2) is 23.5 Å². The maximum Gasteiger partial charge on any atom is 0.240 e. The molecule has 2 nitrogen and oxygen atoms in total. The zero-order valence-corrected chi connectivity index (χ0v) is 19.7. The first-order valence-corrected chi connectivity index (χ1v) is 15.2. The number of hydrogen-bond acceptors (Lipinski definition) is 2. The van der Waals surface area contributed by atoms with Gasteiger partial charge in [-0.1, -0.05) is 91.0 Å². The molecule has 4 rings (SSSR count). The van der Waals surface area contributed by atoms with Crippen LogP contribution in [0.2, 0.25) is 19.1 Å². The first-order chi connectivity index (χ1) is 14.0. The molecule has 0 aliphatic carbocycles. The molecule has 0 radical (unpaired) electrons. The van der Waals surface area contributed by atoms with Crippen LogP contribution in [0.1, 0.15) is 18.9 Å². The minimum Gasteiger partial charge on any atom is -0.406 e. The standard InChI is InChI=1S/C25H30O2Si2/c1-25(21-13-7-4-8-14-21)24(19-20-29(2,3)27-25)26-28(22-15-9-5-10-16-22)23-17-11-6-12-18-23/h4-18,24,28H,19-20H2,1-3H3. The maximum absolute atomic E-state index is 7.06. The molecule has 3 aromatic rings. The van der Waals surface area contributed by atoms with Crippen LogP contribution in [0.15, 0.2) is 91.0 Å². The van der Waals surface area contributed by atoms with Gasteiger partial charge in [-0.25, -0.2) is 0 Å². The molecule has 2 atom stereocenters. The molecule has 29 heavy (non-hydrogen) atoms. The summed E-state index contributed by atoms with van der Waals surface area (Å²) in [6, 6.07) is 33.3. The van der Waals surface area contributed by atoms with Crippen LogP contribution in [-0.2, 0) is 14.5 Å². The molecule has 0 N–H and O–H groups in total. The lowest BCUT2D eigenvalue weighted by Gasteiger charge is -2.49. The second-order valence-corrected chi connectivity index (χ2v) is 15.3. The van der Waals surface area contributed by atoms with E-state index in [0.29, 0.717) is 0 Å². The van der Waals surface area contributed by atoms with Crippen LogP contribution < -0.4 is 10.4 Å². The molecule has 0 saturated carbocycles. The highest BCUT2D eigenvalue weighted by Crippen LogP contribution is 2.42. The van der Waals surface area contributed by atoms with E-state index in [9.17, 15) is 0 Å². The Balaban J connectivity index is 1.72. The molecule has 4 heteroatoms. The first kappa shape index (κ1) is 20.3. The van der Waals surface area contributed by atoms with Crippen molar-refractivity contribution in [2.45, 2.75) is 44.2 Å². The molecule has 0 aromatic heterocycles. The lowest BCUT2D eigenvalue weighted by molar-refractivity contribution is -0.0556. The molecule has 1 saturated heterocycles. The van der Waals surface area contributed by atoms with Crippen molar-refractivity contribution in [2.75, 3.05) is 0 Å². The van der Waals surface area contributed by atoms with E-state index in [0.717, 1.165) is 12.5 Å². The van der Waals surface area contributed by atoms with E-state index in [-0.39, 0.29) is 6.10 Å². The van der Waals surface area contributed by atoms with Crippen molar-refractivity contribution in [3.8, 4) is 0 Å². The first-order valence-electron chi connectivity index (χ1n) is 10.5. The number of rotatable bonds is 5. The highest BCUT2D eigenvalue weighted by Gasteiger charge is 2.48. The summed E-state index contributed by atoms with van der Waals surface area (Å²) in [5, 5.41) is 2.63. The van der Waals surface area contributed by atoms with Gasteiger partial charge >= 0.3 is 0 Å². The van der Waals surface area contributed by atoms with E-state index in [1.807, 2.05) is 0 Å². The Bertz CT molecular complexity index is 876. The fraction of sp³-hybridized carbons (Fsp3) is 0.280. The smallest absolute Gasteiger partial charge is 0.240 e. The Morgan fingerprint density at radius 3 is 1.83 bits per heavy atom. The summed E-state index contributed by atoms with van der Waals surface area (Å²) in [6.07, 6.45) is 1.09. The quantitative estimate of drug-likeness (QED) is 0.570. The molecule has 3 aromatic carbocycles. The molecule has 150 valence electrons. The summed E-state index contributed by atoms with van der Waals surface area (Å²) in [4.78, 5) is 0. The second kappa shape index (κ2) is 8.40. The van der Waals surface area contributed by atoms with Crippen LogP contribution in [0.4, 0.5) is 0 Å². The summed E-state index contributed by atoms with van der Waals surface area (Å²) >= 11 is 0. The fourth-order valence-electron chi connectivity index (χ4n) is 4.43. The molecule has 1 heterocycles. The lowest BCUT2D eigenvalue weighted by Crippen LogP contribution is -2.58. The van der Waals surface area contributed by atoms with E-state index in [1.54, 1.807) is 0 Å². The van der Waals surface area contributed by atoms with E-state index < -0.39 is 23.0 Å². The Hall–Kier alpha value is -1.99. The molecule has 2 unspecified atom stereocenters. The van der Waals surface area contributed by atoms with Crippen LogP contribution in [0, 0.1) is 0 Å². The van der Waals surface area contributed by atoms with Crippen LogP contribution >= 0.6 is 0 Å². The summed E-state index contributed by atoms with van der Waals surface area (Å²) in [5.74, 6) is 0. The summed E-state index contributed by atoms with van der Waals surface area (Å²) in [7, 11) is -3.56. The third-order valence-electron chi connectivity index (χ3n) is 5.96. The normalized spacial score (nSPS) is 23.8. The predicted octanol–water partition coefficient (Wildman–Crippen LogP) is 4.45. The molecule has 1 fully saturated rings. The zero-order valence-electron chi connectivity index (χ0n) is 17.5. The molecular formula is C25H30O2Si2. The summed E-state index contributed by atoms with van der Waals surface area (Å²) < 4.78 is 13.9. The van der Waals surface area contributed by atoms with Gasteiger partial charge in [0.1, 0.15) is 5.60 Å². The SMILES string of the molecule is CC1(c2ccccc2)O[Si](C)(C)CCC1O[SiH](c1ccccc1)c1ccccc1. The molecule has 0 amide bonds. The predicted molar refractivity (Wildman–Crippen MR) is 126 cm³/mol. The van der Waals surface area contributed by atoms with Gasteiger partial charge in [0.15, 0.2) is 8.32 Å². The molecule has 1 aliphatic rings. The molecular weight excluding hydrogens is 388 g/mol. The second-order valence-electron chi connectivity index (χ2n) is 8.70. The van der Waals surface area contributed by atoms with Crippen LogP contribution in [0.25, 0.3) is 0 Å². The van der Waals surface area contributed by atoms with Crippen molar-refractivity contribution in [3.05, 3.63) is 96.6 Å². The largest absolute Gasteiger partial charge is 0.406 e. The minimum atomic E-state index is -1.84. The van der Waals surface area contributed by atoms with Crippen LogP contribution in [0.5, 0.6) is 0 Å². The topological polar surface area (TPSA) is 18.5 Å². The van der Waals surface area contributed by atoms with Gasteiger partial charge in [-0.3, -0.25) is 0 Å². The number of benzene rings is 3. The van der Waals surface area contributed by atoms with E-state index in [2.05, 4.69) is 111 Å². The van der Waals surface area contributed by atoms with Gasteiger partial charge in [-0.2, -0.15) is 0 Å². The van der Waals surface area contributed by atoms with Gasteiger partial charge in [-0.05, 0) is 48.4 Å². The van der Waals surface area contributed by atoms with E-state index in [4.69, 9.17) is 8.85 Å². The van der Waals surface area contributed by atoms with Gasteiger partial charge in [0, 0.05) is 0 Å². The number of hydrogen-bond donors (Lipinski definition) is 0. The van der Waals surface area contributed by atoms with Gasteiger partial charge in [0.05, 0.1) is 6.10 Å². The van der Waals surface area contributed by atoms with Crippen molar-refractivity contribution >= 4 is 27.7 Å². The molecule has 1 aliphatic heterocycles. The van der Waals surface area contributed by atoms with Gasteiger partial charge in [0.25, 0.3) is 0 Å². The van der Waals surface area contributed by atoms with Gasteiger partial charge in [-0.15, -0.1) is 0 Å². The average molecular weight is 419 g/mol. The van der Waals surface area contributed by atoms with Crippen molar-refractivity contribution in [1.82, 2.24) is 0 Å². The lowest BCUT2D eigenvalue weighted by atomic mass is 9.89. The maximum atomic E-state index is 7.06. The van der Waals surface area contributed by atoms with Gasteiger partial charge < -0.3 is 8.85 Å². The highest BCUT2D eigenvalue weighted by molar-refractivity contribution is 6.80. The molecule has 0 bridgehead atoms. The van der Waals surface area contributed by atoms with Crippen molar-refractivity contribution in [1.29, 1.82) is 0 Å². The van der Waals surface area contributed by atoms with E-state index >= 15 is 0 Å². The Labute approximate surface area is 177 Å². The summed E-state index contributed by atoms with van der Waals surface area (Å²) in [5.41, 5.74) is 0.809. The minimum absolute atomic E-state index is 0.0440. The Kier molecular flexibility index (Phi) is 5.88. The Morgan fingerprint density at radius 1 is 0.828 bits per heavy atom. The highest BCUT2D eigenvalue weighted by atomic mass is 28.4.